The number of nitrogens with zero attached hydrogens (tertiary/aromatic N) is 2. The van der Waals surface area contributed by atoms with Crippen LogP contribution >= 0.6 is 0 Å². The molecule has 0 bridgehead atoms. The van der Waals surface area contributed by atoms with E-state index < -0.39 is 12.0 Å². The third kappa shape index (κ3) is 3.15. The number of carboxylic acid groups (broad SMARTS) is 1. The van der Waals surface area contributed by atoms with Crippen LogP contribution in [0.2, 0.25) is 0 Å². The summed E-state index contributed by atoms with van der Waals surface area (Å²) >= 11 is 0. The second kappa shape index (κ2) is 6.72. The first kappa shape index (κ1) is 15.9. The zero-order chi connectivity index (χ0) is 17.9. The molecule has 0 fully saturated rings. The largest absolute Gasteiger partial charge is 0.479 e. The van der Waals surface area contributed by atoms with Crippen molar-refractivity contribution in [2.75, 3.05) is 5.32 Å². The van der Waals surface area contributed by atoms with Crippen LogP contribution in [-0.2, 0) is 4.79 Å². The molecule has 1 atom stereocenters. The van der Waals surface area contributed by atoms with Crippen molar-refractivity contribution < 1.29 is 9.90 Å². The first-order valence-electron chi connectivity index (χ1n) is 8.29. The summed E-state index contributed by atoms with van der Waals surface area (Å²) in [7, 11) is 0. The number of aliphatic carboxylic acids is 1. The Morgan fingerprint density at radius 2 is 1.62 bits per heavy atom. The molecule has 26 heavy (non-hydrogen) atoms. The number of anilines is 2. The van der Waals surface area contributed by atoms with Crippen LogP contribution in [0, 0.1) is 0 Å². The van der Waals surface area contributed by atoms with Crippen molar-refractivity contribution >= 4 is 28.2 Å². The Morgan fingerprint density at radius 1 is 0.923 bits per heavy atom. The fourth-order valence-electron chi connectivity index (χ4n) is 2.99. The number of para-hydroxylation sites is 1. The molecule has 1 aromatic heterocycles. The van der Waals surface area contributed by atoms with Crippen molar-refractivity contribution in [1.29, 1.82) is 0 Å². The maximum absolute atomic E-state index is 11.8. The third-order valence-corrected chi connectivity index (χ3v) is 4.20. The average molecular weight is 343 g/mol. The summed E-state index contributed by atoms with van der Waals surface area (Å²) in [6.07, 6.45) is 1.78. The number of fused-ring (bicyclic) bond motifs is 1. The minimum Gasteiger partial charge on any atom is -0.479 e. The second-order valence-electron chi connectivity index (χ2n) is 6.03. The van der Waals surface area contributed by atoms with E-state index in [4.69, 9.17) is 0 Å². The molecule has 1 heterocycles. The molecule has 4 aromatic rings. The normalized spacial score (nSPS) is 12.0. The van der Waals surface area contributed by atoms with E-state index in [-0.39, 0.29) is 0 Å². The van der Waals surface area contributed by atoms with E-state index in [0.717, 1.165) is 22.3 Å². The van der Waals surface area contributed by atoms with Gasteiger partial charge in [0.1, 0.15) is 0 Å². The number of hydrogen-bond acceptors (Lipinski definition) is 3. The van der Waals surface area contributed by atoms with Gasteiger partial charge >= 0.3 is 5.97 Å². The van der Waals surface area contributed by atoms with Gasteiger partial charge in [-0.25, -0.2) is 4.79 Å². The summed E-state index contributed by atoms with van der Waals surface area (Å²) < 4.78 is 1.51. The predicted octanol–water partition coefficient (Wildman–Crippen LogP) is 4.45. The van der Waals surface area contributed by atoms with E-state index in [2.05, 4.69) is 10.4 Å². The number of benzene rings is 3. The molecule has 0 aliphatic heterocycles. The van der Waals surface area contributed by atoms with Gasteiger partial charge in [0.2, 0.25) is 0 Å². The first-order valence-corrected chi connectivity index (χ1v) is 8.29. The van der Waals surface area contributed by atoms with Crippen LogP contribution in [0.1, 0.15) is 11.6 Å². The Bertz CT molecular complexity index is 1040. The van der Waals surface area contributed by atoms with E-state index in [0.29, 0.717) is 5.56 Å². The monoisotopic (exact) mass is 343 g/mol. The number of carboxylic acids is 1. The summed E-state index contributed by atoms with van der Waals surface area (Å²) in [5.41, 5.74) is 3.36. The van der Waals surface area contributed by atoms with Gasteiger partial charge in [0.25, 0.3) is 0 Å². The Kier molecular flexibility index (Phi) is 4.11. The Labute approximate surface area is 150 Å². The molecule has 3 aromatic carbocycles. The lowest BCUT2D eigenvalue weighted by atomic mass is 10.1. The maximum atomic E-state index is 11.8. The maximum Gasteiger partial charge on any atom is 0.333 e. The summed E-state index contributed by atoms with van der Waals surface area (Å²) in [4.78, 5) is 11.8. The third-order valence-electron chi connectivity index (χ3n) is 4.20. The van der Waals surface area contributed by atoms with Crippen LogP contribution in [0.4, 0.5) is 11.4 Å². The van der Waals surface area contributed by atoms with Gasteiger partial charge in [-0.05, 0) is 35.9 Å². The van der Waals surface area contributed by atoms with Gasteiger partial charge in [0, 0.05) is 23.0 Å². The van der Waals surface area contributed by atoms with Crippen molar-refractivity contribution in [3.8, 4) is 0 Å². The van der Waals surface area contributed by atoms with Gasteiger partial charge in [0.05, 0.1) is 5.52 Å². The van der Waals surface area contributed by atoms with Crippen LogP contribution in [0.5, 0.6) is 0 Å². The van der Waals surface area contributed by atoms with Gasteiger partial charge in [-0.3, -0.25) is 4.68 Å². The minimum absolute atomic E-state index is 0.690. The van der Waals surface area contributed by atoms with Crippen LogP contribution in [0.3, 0.4) is 0 Å². The zero-order valence-corrected chi connectivity index (χ0v) is 13.9. The summed E-state index contributed by atoms with van der Waals surface area (Å²) in [6, 6.07) is 23.9. The fraction of sp³-hybridized carbons (Fsp3) is 0.0476. The average Bonchev–Trinajstić information content (AvgIpc) is 3.06. The van der Waals surface area contributed by atoms with E-state index in [9.17, 15) is 9.90 Å². The summed E-state index contributed by atoms with van der Waals surface area (Å²) in [5, 5.41) is 18.4. The van der Waals surface area contributed by atoms with E-state index in [1.54, 1.807) is 18.3 Å². The summed E-state index contributed by atoms with van der Waals surface area (Å²) in [5.74, 6) is -0.938. The van der Waals surface area contributed by atoms with Crippen molar-refractivity contribution in [3.05, 3.63) is 90.6 Å². The number of hydrogen-bond donors (Lipinski definition) is 2. The van der Waals surface area contributed by atoms with Crippen molar-refractivity contribution in [2.45, 2.75) is 6.04 Å². The lowest BCUT2D eigenvalue weighted by Crippen LogP contribution is -2.20. The Balaban J connectivity index is 1.70. The standard InChI is InChI=1S/C21H17N3O2/c25-21(26)20(15-7-3-1-4-8-15)24-14-16-13-18(11-12-19(16)23-24)22-17-9-5-2-6-10-17/h1-14,20,22H,(H,25,26). The van der Waals surface area contributed by atoms with Crippen molar-refractivity contribution in [2.24, 2.45) is 0 Å². The van der Waals surface area contributed by atoms with Crippen molar-refractivity contribution in [1.82, 2.24) is 9.78 Å². The number of rotatable bonds is 5. The minimum atomic E-state index is -0.938. The van der Waals surface area contributed by atoms with Crippen LogP contribution in [0.15, 0.2) is 85.1 Å². The molecule has 0 aliphatic rings. The second-order valence-corrected chi connectivity index (χ2v) is 6.03. The molecule has 128 valence electrons. The number of aromatic nitrogens is 2. The highest BCUT2D eigenvalue weighted by Crippen LogP contribution is 2.25. The molecule has 4 rings (SSSR count). The molecule has 0 amide bonds. The molecular formula is C21H17N3O2. The molecular weight excluding hydrogens is 326 g/mol. The smallest absolute Gasteiger partial charge is 0.333 e. The quantitative estimate of drug-likeness (QED) is 0.562. The molecule has 0 spiro atoms. The lowest BCUT2D eigenvalue weighted by Gasteiger charge is -2.12. The highest BCUT2D eigenvalue weighted by atomic mass is 16.4. The fourth-order valence-corrected chi connectivity index (χ4v) is 2.99. The topological polar surface area (TPSA) is 67.2 Å². The van der Waals surface area contributed by atoms with E-state index in [1.807, 2.05) is 66.7 Å². The van der Waals surface area contributed by atoms with Crippen molar-refractivity contribution in [3.63, 3.8) is 0 Å². The summed E-state index contributed by atoms with van der Waals surface area (Å²) in [6.45, 7) is 0. The van der Waals surface area contributed by atoms with Crippen LogP contribution in [-0.4, -0.2) is 20.9 Å². The Morgan fingerprint density at radius 3 is 2.31 bits per heavy atom. The SMILES string of the molecule is O=C(O)C(c1ccccc1)n1cc2cc(Nc3ccccc3)ccc2n1. The highest BCUT2D eigenvalue weighted by molar-refractivity contribution is 5.84. The van der Waals surface area contributed by atoms with Gasteiger partial charge in [-0.1, -0.05) is 48.5 Å². The van der Waals surface area contributed by atoms with E-state index in [1.165, 1.54) is 4.68 Å². The molecule has 0 aliphatic carbocycles. The molecule has 5 nitrogen and oxygen atoms in total. The molecule has 0 saturated heterocycles. The number of nitrogens with one attached hydrogen (secondary N) is 1. The molecule has 1 unspecified atom stereocenters. The van der Waals surface area contributed by atoms with Crippen LogP contribution < -0.4 is 5.32 Å². The predicted molar refractivity (Wildman–Crippen MR) is 102 cm³/mol. The van der Waals surface area contributed by atoms with Gasteiger partial charge < -0.3 is 10.4 Å². The zero-order valence-electron chi connectivity index (χ0n) is 13.9. The van der Waals surface area contributed by atoms with Gasteiger partial charge in [-0.15, -0.1) is 0 Å². The highest BCUT2D eigenvalue weighted by Gasteiger charge is 2.23. The van der Waals surface area contributed by atoms with Gasteiger partial charge in [0.15, 0.2) is 6.04 Å². The number of carbonyl (C=O) groups is 1. The lowest BCUT2D eigenvalue weighted by molar-refractivity contribution is -0.139. The van der Waals surface area contributed by atoms with Gasteiger partial charge in [-0.2, -0.15) is 5.10 Å². The van der Waals surface area contributed by atoms with E-state index >= 15 is 0 Å². The molecule has 0 saturated carbocycles. The molecule has 5 heteroatoms. The Hall–Kier alpha value is -3.60. The first-order chi connectivity index (χ1) is 12.7. The van der Waals surface area contributed by atoms with Crippen LogP contribution in [0.25, 0.3) is 10.9 Å². The molecule has 0 radical (unpaired) electrons. The molecule has 2 N–H and O–H groups in total.